The van der Waals surface area contributed by atoms with Gasteiger partial charge < -0.3 is 4.90 Å². The highest BCUT2D eigenvalue weighted by Gasteiger charge is 2.22. The largest absolute Gasteiger partial charge is 0.357 e. The molecule has 2 rings (SSSR count). The summed E-state index contributed by atoms with van der Waals surface area (Å²) in [6.45, 7) is 2.30. The lowest BCUT2D eigenvalue weighted by Gasteiger charge is -2.34. The molecular formula is C13H19FN2. The molecule has 0 bridgehead atoms. The lowest BCUT2D eigenvalue weighted by molar-refractivity contribution is 0.339. The van der Waals surface area contributed by atoms with E-state index in [-0.39, 0.29) is 0 Å². The van der Waals surface area contributed by atoms with Crippen molar-refractivity contribution in [3.05, 3.63) is 24.1 Å². The van der Waals surface area contributed by atoms with Crippen LogP contribution in [0, 0.1) is 11.9 Å². The van der Waals surface area contributed by atoms with Gasteiger partial charge in [0.1, 0.15) is 5.82 Å². The summed E-state index contributed by atoms with van der Waals surface area (Å²) in [4.78, 5) is 6.05. The number of hydrogen-bond acceptors (Lipinski definition) is 2. The Morgan fingerprint density at radius 1 is 1.25 bits per heavy atom. The van der Waals surface area contributed by atoms with Crippen LogP contribution in [0.1, 0.15) is 32.6 Å². The van der Waals surface area contributed by atoms with Crippen molar-refractivity contribution >= 4 is 5.82 Å². The topological polar surface area (TPSA) is 16.1 Å². The number of aromatic nitrogens is 1. The lowest BCUT2D eigenvalue weighted by Crippen LogP contribution is -2.35. The van der Waals surface area contributed by atoms with Crippen LogP contribution in [-0.4, -0.2) is 18.1 Å². The number of anilines is 1. The molecule has 1 aliphatic rings. The Morgan fingerprint density at radius 3 is 2.56 bits per heavy atom. The van der Waals surface area contributed by atoms with Crippen molar-refractivity contribution in [2.45, 2.75) is 38.6 Å². The van der Waals surface area contributed by atoms with Crippen LogP contribution in [0.15, 0.2) is 18.2 Å². The van der Waals surface area contributed by atoms with Crippen LogP contribution in [0.2, 0.25) is 0 Å². The molecule has 1 aromatic rings. The molecule has 0 aliphatic heterocycles. The summed E-state index contributed by atoms with van der Waals surface area (Å²) < 4.78 is 13.0. The molecule has 16 heavy (non-hydrogen) atoms. The van der Waals surface area contributed by atoms with Crippen LogP contribution in [0.25, 0.3) is 0 Å². The van der Waals surface area contributed by atoms with Crippen molar-refractivity contribution in [2.24, 2.45) is 5.92 Å². The molecule has 0 unspecified atom stereocenters. The first-order valence-electron chi connectivity index (χ1n) is 6.02. The van der Waals surface area contributed by atoms with Gasteiger partial charge in [-0.25, -0.2) is 4.98 Å². The fourth-order valence-electron chi connectivity index (χ4n) is 2.41. The molecule has 0 N–H and O–H groups in total. The molecular weight excluding hydrogens is 203 g/mol. The average molecular weight is 222 g/mol. The van der Waals surface area contributed by atoms with Gasteiger partial charge in [0.15, 0.2) is 0 Å². The molecule has 0 saturated heterocycles. The van der Waals surface area contributed by atoms with Gasteiger partial charge >= 0.3 is 0 Å². The van der Waals surface area contributed by atoms with Crippen LogP contribution in [-0.2, 0) is 0 Å². The van der Waals surface area contributed by atoms with Crippen molar-refractivity contribution in [3.8, 4) is 0 Å². The fraction of sp³-hybridized carbons (Fsp3) is 0.615. The van der Waals surface area contributed by atoms with Gasteiger partial charge in [-0.3, -0.25) is 0 Å². The van der Waals surface area contributed by atoms with Crippen molar-refractivity contribution in [1.82, 2.24) is 4.98 Å². The predicted octanol–water partition coefficient (Wildman–Crippen LogP) is 3.24. The van der Waals surface area contributed by atoms with Crippen molar-refractivity contribution < 1.29 is 4.39 Å². The Bertz CT molecular complexity index is 346. The number of halogens is 1. The Morgan fingerprint density at radius 2 is 1.94 bits per heavy atom. The lowest BCUT2D eigenvalue weighted by atomic mass is 9.87. The standard InChI is InChI=1S/C13H19FN2/c1-10-6-8-11(9-7-10)16(2)13-5-3-4-12(14)15-13/h3-5,10-11H,6-9H2,1-2H3. The molecule has 88 valence electrons. The van der Waals surface area contributed by atoms with E-state index >= 15 is 0 Å². The second-order valence-electron chi connectivity index (χ2n) is 4.84. The van der Waals surface area contributed by atoms with Crippen molar-refractivity contribution in [3.63, 3.8) is 0 Å². The van der Waals surface area contributed by atoms with Crippen LogP contribution in [0.5, 0.6) is 0 Å². The first kappa shape index (κ1) is 11.4. The van der Waals surface area contributed by atoms with Gasteiger partial charge in [-0.2, -0.15) is 4.39 Å². The average Bonchev–Trinajstić information content (AvgIpc) is 2.29. The highest BCUT2D eigenvalue weighted by atomic mass is 19.1. The van der Waals surface area contributed by atoms with E-state index in [0.717, 1.165) is 11.7 Å². The molecule has 1 aromatic heterocycles. The number of rotatable bonds is 2. The van der Waals surface area contributed by atoms with Crippen LogP contribution < -0.4 is 4.90 Å². The second kappa shape index (κ2) is 4.81. The van der Waals surface area contributed by atoms with Gasteiger partial charge in [0, 0.05) is 13.1 Å². The number of nitrogens with zero attached hydrogens (tertiary/aromatic N) is 2. The molecule has 3 heteroatoms. The predicted molar refractivity (Wildman–Crippen MR) is 64.0 cm³/mol. The fourth-order valence-corrected chi connectivity index (χ4v) is 2.41. The maximum Gasteiger partial charge on any atom is 0.214 e. The van der Waals surface area contributed by atoms with E-state index in [0.29, 0.717) is 6.04 Å². The Labute approximate surface area is 96.5 Å². The summed E-state index contributed by atoms with van der Waals surface area (Å²) in [5.41, 5.74) is 0. The van der Waals surface area contributed by atoms with Crippen LogP contribution >= 0.6 is 0 Å². The quantitative estimate of drug-likeness (QED) is 0.714. The monoisotopic (exact) mass is 222 g/mol. The maximum absolute atomic E-state index is 13.0. The zero-order valence-electron chi connectivity index (χ0n) is 9.99. The molecule has 1 saturated carbocycles. The summed E-state index contributed by atoms with van der Waals surface area (Å²) >= 11 is 0. The zero-order valence-corrected chi connectivity index (χ0v) is 9.99. The van der Waals surface area contributed by atoms with Gasteiger partial charge in [0.2, 0.25) is 5.95 Å². The Balaban J connectivity index is 2.04. The van der Waals surface area contributed by atoms with Gasteiger partial charge in [-0.15, -0.1) is 0 Å². The first-order valence-corrected chi connectivity index (χ1v) is 6.02. The highest BCUT2D eigenvalue weighted by Crippen LogP contribution is 2.28. The van der Waals surface area contributed by atoms with E-state index in [2.05, 4.69) is 16.8 Å². The zero-order chi connectivity index (χ0) is 11.5. The SMILES string of the molecule is CC1CCC(N(C)c2cccc(F)n2)CC1. The van der Waals surface area contributed by atoms with E-state index in [1.54, 1.807) is 6.07 Å². The van der Waals surface area contributed by atoms with E-state index in [1.165, 1.54) is 31.7 Å². The normalized spacial score (nSPS) is 25.4. The minimum Gasteiger partial charge on any atom is -0.357 e. The summed E-state index contributed by atoms with van der Waals surface area (Å²) in [6, 6.07) is 5.51. The van der Waals surface area contributed by atoms with Crippen molar-refractivity contribution in [1.29, 1.82) is 0 Å². The number of pyridine rings is 1. The summed E-state index contributed by atoms with van der Waals surface area (Å²) in [7, 11) is 2.02. The summed E-state index contributed by atoms with van der Waals surface area (Å²) in [5.74, 6) is 1.19. The molecule has 0 spiro atoms. The van der Waals surface area contributed by atoms with E-state index in [4.69, 9.17) is 0 Å². The molecule has 0 aromatic carbocycles. The first-order chi connectivity index (χ1) is 7.66. The van der Waals surface area contributed by atoms with E-state index in [1.807, 2.05) is 13.1 Å². The molecule has 1 aliphatic carbocycles. The molecule has 2 nitrogen and oxygen atoms in total. The second-order valence-corrected chi connectivity index (χ2v) is 4.84. The van der Waals surface area contributed by atoms with Crippen LogP contribution in [0.4, 0.5) is 10.2 Å². The van der Waals surface area contributed by atoms with Gasteiger partial charge in [0.25, 0.3) is 0 Å². The Hall–Kier alpha value is -1.12. The molecule has 1 heterocycles. The van der Waals surface area contributed by atoms with Crippen LogP contribution in [0.3, 0.4) is 0 Å². The smallest absolute Gasteiger partial charge is 0.214 e. The van der Waals surface area contributed by atoms with Gasteiger partial charge in [0.05, 0.1) is 0 Å². The van der Waals surface area contributed by atoms with Crippen molar-refractivity contribution in [2.75, 3.05) is 11.9 Å². The van der Waals surface area contributed by atoms with Gasteiger partial charge in [-0.05, 0) is 43.7 Å². The Kier molecular flexibility index (Phi) is 3.42. The third-order valence-corrected chi connectivity index (χ3v) is 3.59. The highest BCUT2D eigenvalue weighted by molar-refractivity contribution is 5.38. The summed E-state index contributed by atoms with van der Waals surface area (Å²) in [5, 5.41) is 0. The number of hydrogen-bond donors (Lipinski definition) is 0. The third kappa shape index (κ3) is 2.52. The minimum atomic E-state index is -0.395. The molecule has 1 fully saturated rings. The molecule has 0 amide bonds. The van der Waals surface area contributed by atoms with E-state index < -0.39 is 5.95 Å². The molecule has 0 atom stereocenters. The maximum atomic E-state index is 13.0. The van der Waals surface area contributed by atoms with E-state index in [9.17, 15) is 4.39 Å². The third-order valence-electron chi connectivity index (χ3n) is 3.59. The molecule has 0 radical (unpaired) electrons. The summed E-state index contributed by atoms with van der Waals surface area (Å²) in [6.07, 6.45) is 4.92. The van der Waals surface area contributed by atoms with Gasteiger partial charge in [-0.1, -0.05) is 13.0 Å². The minimum absolute atomic E-state index is 0.395.